The van der Waals surface area contributed by atoms with Crippen molar-refractivity contribution in [3.8, 4) is 17.3 Å². The summed E-state index contributed by atoms with van der Waals surface area (Å²) in [5, 5.41) is 33.9. The summed E-state index contributed by atoms with van der Waals surface area (Å²) in [5.74, 6) is 0.241. The van der Waals surface area contributed by atoms with Gasteiger partial charge < -0.3 is 25.2 Å². The Labute approximate surface area is 207 Å². The highest BCUT2D eigenvalue weighted by atomic mass is 16.5. The number of nitrogens with zero attached hydrogens (tertiary/aromatic N) is 6. The Morgan fingerprint density at radius 3 is 2.72 bits per heavy atom. The van der Waals surface area contributed by atoms with E-state index < -0.39 is 11.5 Å². The highest BCUT2D eigenvalue weighted by Crippen LogP contribution is 2.30. The summed E-state index contributed by atoms with van der Waals surface area (Å²) in [4.78, 5) is 31.9. The molecule has 0 fully saturated rings. The number of anilines is 1. The number of hydrogen-bond acceptors (Lipinski definition) is 9. The lowest BCUT2D eigenvalue weighted by molar-refractivity contribution is -0.148. The Morgan fingerprint density at radius 1 is 1.25 bits per heavy atom. The van der Waals surface area contributed by atoms with Gasteiger partial charge in [0.25, 0.3) is 11.8 Å². The monoisotopic (exact) mass is 495 g/mol. The molecule has 3 N–H and O–H groups in total. The van der Waals surface area contributed by atoms with Gasteiger partial charge in [-0.3, -0.25) is 9.59 Å². The van der Waals surface area contributed by atoms with Gasteiger partial charge in [0, 0.05) is 13.1 Å². The van der Waals surface area contributed by atoms with Crippen molar-refractivity contribution in [1.29, 1.82) is 0 Å². The molecule has 1 aliphatic heterocycles. The number of aromatic nitrogens is 5. The summed E-state index contributed by atoms with van der Waals surface area (Å²) in [7, 11) is 1.49. The van der Waals surface area contributed by atoms with E-state index in [0.29, 0.717) is 35.8 Å². The van der Waals surface area contributed by atoms with E-state index in [1.165, 1.54) is 25.6 Å². The first-order valence-corrected chi connectivity index (χ1v) is 11.5. The second kappa shape index (κ2) is 9.99. The fourth-order valence-electron chi connectivity index (χ4n) is 4.04. The van der Waals surface area contributed by atoms with Crippen LogP contribution in [0.5, 0.6) is 5.75 Å². The van der Waals surface area contributed by atoms with Crippen molar-refractivity contribution in [2.75, 3.05) is 25.6 Å². The van der Waals surface area contributed by atoms with Crippen LogP contribution in [-0.2, 0) is 17.8 Å². The minimum absolute atomic E-state index is 0.147. The minimum Gasteiger partial charge on any atom is -0.496 e. The molecule has 2 aromatic heterocycles. The molecule has 1 aliphatic rings. The molecule has 0 radical (unpaired) electrons. The first-order chi connectivity index (χ1) is 17.1. The molecule has 0 spiro atoms. The smallest absolute Gasteiger partial charge is 0.260 e. The van der Waals surface area contributed by atoms with Crippen molar-refractivity contribution < 1.29 is 24.5 Å². The van der Waals surface area contributed by atoms with E-state index in [-0.39, 0.29) is 30.9 Å². The molecule has 36 heavy (non-hydrogen) atoms. The van der Waals surface area contributed by atoms with E-state index in [4.69, 9.17) is 4.74 Å². The Balaban J connectivity index is 1.59. The summed E-state index contributed by atoms with van der Waals surface area (Å²) in [6.45, 7) is 5.29. The molecular formula is C24H29N7O5. The fourth-order valence-corrected chi connectivity index (χ4v) is 4.04. The lowest BCUT2D eigenvalue weighted by Gasteiger charge is -2.33. The van der Waals surface area contributed by atoms with Gasteiger partial charge in [-0.1, -0.05) is 6.07 Å². The molecule has 0 unspecified atom stereocenters. The average molecular weight is 496 g/mol. The molecular weight excluding hydrogens is 466 g/mol. The molecule has 1 atom stereocenters. The van der Waals surface area contributed by atoms with Gasteiger partial charge in [0.15, 0.2) is 0 Å². The summed E-state index contributed by atoms with van der Waals surface area (Å²) >= 11 is 0. The summed E-state index contributed by atoms with van der Waals surface area (Å²) < 4.78 is 6.94. The number of hydrogen-bond donors (Lipinski definition) is 3. The van der Waals surface area contributed by atoms with Crippen LogP contribution in [0.15, 0.2) is 30.3 Å². The van der Waals surface area contributed by atoms with Crippen LogP contribution in [0.25, 0.3) is 11.5 Å². The predicted molar refractivity (Wildman–Crippen MR) is 129 cm³/mol. The van der Waals surface area contributed by atoms with Gasteiger partial charge in [0.2, 0.25) is 5.82 Å². The van der Waals surface area contributed by atoms with E-state index in [1.54, 1.807) is 36.1 Å². The Morgan fingerprint density at radius 2 is 2.03 bits per heavy atom. The molecule has 12 heteroatoms. The van der Waals surface area contributed by atoms with E-state index >= 15 is 0 Å². The van der Waals surface area contributed by atoms with Gasteiger partial charge in [0.05, 0.1) is 25.3 Å². The minimum atomic E-state index is -1.48. The van der Waals surface area contributed by atoms with E-state index in [9.17, 15) is 19.8 Å². The summed E-state index contributed by atoms with van der Waals surface area (Å²) in [5.41, 5.74) is 1.03. The van der Waals surface area contributed by atoms with Gasteiger partial charge in [-0.05, 0) is 73.0 Å². The van der Waals surface area contributed by atoms with Gasteiger partial charge in [-0.25, -0.2) is 9.67 Å². The van der Waals surface area contributed by atoms with Crippen molar-refractivity contribution in [1.82, 2.24) is 30.1 Å². The largest absolute Gasteiger partial charge is 0.496 e. The SMILES string of the molecule is COc1cc2c(cc1C(=O)Nc1cccc(-c3nnnn3[C@H](C)CO)n1)CN(C(=O)C(C)(C)O)CC2. The number of pyridine rings is 1. The standard InChI is InChI=1S/C24H29N7O5/c1-14(13-32)31-21(27-28-29-31)18-6-5-7-20(25-18)26-22(33)17-10-16-12-30(23(34)24(2,3)35)9-8-15(16)11-19(17)36-4/h5-7,10-11,14,32,35H,8-9,12-13H2,1-4H3,(H,25,26,33)/t14-/m1/s1. The fraction of sp³-hybridized carbons (Fsp3) is 0.417. The van der Waals surface area contributed by atoms with Gasteiger partial charge >= 0.3 is 0 Å². The third kappa shape index (κ3) is 5.04. The zero-order valence-electron chi connectivity index (χ0n) is 20.6. The van der Waals surface area contributed by atoms with Gasteiger partial charge in [0.1, 0.15) is 22.9 Å². The molecule has 190 valence electrons. The Bertz CT molecular complexity index is 1280. The van der Waals surface area contributed by atoms with Gasteiger partial charge in [-0.15, -0.1) is 5.10 Å². The Kier molecular flexibility index (Phi) is 7.00. The van der Waals surface area contributed by atoms with Crippen LogP contribution < -0.4 is 10.1 Å². The van der Waals surface area contributed by atoms with Crippen molar-refractivity contribution in [3.05, 3.63) is 47.0 Å². The molecule has 0 saturated heterocycles. The van der Waals surface area contributed by atoms with Crippen LogP contribution in [0, 0.1) is 0 Å². The third-order valence-electron chi connectivity index (χ3n) is 5.98. The van der Waals surface area contributed by atoms with Crippen LogP contribution in [0.2, 0.25) is 0 Å². The zero-order chi connectivity index (χ0) is 26.0. The number of aliphatic hydroxyl groups excluding tert-OH is 1. The predicted octanol–water partition coefficient (Wildman–Crippen LogP) is 1.20. The molecule has 3 heterocycles. The number of methoxy groups -OCH3 is 1. The molecule has 0 bridgehead atoms. The maximum absolute atomic E-state index is 13.2. The van der Waals surface area contributed by atoms with Crippen LogP contribution in [-0.4, -0.2) is 78.0 Å². The number of ether oxygens (including phenoxy) is 1. The maximum atomic E-state index is 13.2. The number of fused-ring (bicyclic) bond motifs is 1. The van der Waals surface area contributed by atoms with Crippen molar-refractivity contribution in [2.24, 2.45) is 0 Å². The second-order valence-electron chi connectivity index (χ2n) is 9.20. The van der Waals surface area contributed by atoms with E-state index in [0.717, 1.165) is 11.1 Å². The highest BCUT2D eigenvalue weighted by Gasteiger charge is 2.32. The molecule has 12 nitrogen and oxygen atoms in total. The molecule has 4 rings (SSSR count). The van der Waals surface area contributed by atoms with E-state index in [2.05, 4.69) is 25.8 Å². The topological polar surface area (TPSA) is 156 Å². The molecule has 0 aliphatic carbocycles. The number of amides is 2. The first kappa shape index (κ1) is 25.2. The van der Waals surface area contributed by atoms with Crippen LogP contribution in [0.4, 0.5) is 5.82 Å². The second-order valence-corrected chi connectivity index (χ2v) is 9.20. The lowest BCUT2D eigenvalue weighted by Crippen LogP contribution is -2.47. The van der Waals surface area contributed by atoms with Crippen molar-refractivity contribution >= 4 is 17.6 Å². The lowest BCUT2D eigenvalue weighted by atomic mass is 9.95. The molecule has 3 aromatic rings. The van der Waals surface area contributed by atoms with Gasteiger partial charge in [-0.2, -0.15) is 0 Å². The van der Waals surface area contributed by atoms with E-state index in [1.807, 2.05) is 6.07 Å². The average Bonchev–Trinajstić information content (AvgIpc) is 3.36. The maximum Gasteiger partial charge on any atom is 0.260 e. The normalized spacial score (nSPS) is 14.2. The number of rotatable bonds is 7. The summed E-state index contributed by atoms with van der Waals surface area (Å²) in [6.07, 6.45) is 0.583. The molecule has 2 amide bonds. The number of benzene rings is 1. The number of tetrazole rings is 1. The first-order valence-electron chi connectivity index (χ1n) is 11.5. The van der Waals surface area contributed by atoms with Crippen LogP contribution >= 0.6 is 0 Å². The number of carbonyl (C=O) groups is 2. The third-order valence-corrected chi connectivity index (χ3v) is 5.98. The quantitative estimate of drug-likeness (QED) is 0.438. The van der Waals surface area contributed by atoms with Crippen molar-refractivity contribution in [2.45, 2.75) is 45.4 Å². The number of nitrogens with one attached hydrogen (secondary N) is 1. The molecule has 1 aromatic carbocycles. The Hall–Kier alpha value is -3.90. The number of aliphatic hydroxyl groups is 2. The summed E-state index contributed by atoms with van der Waals surface area (Å²) in [6, 6.07) is 8.23. The molecule has 0 saturated carbocycles. The van der Waals surface area contributed by atoms with Crippen LogP contribution in [0.1, 0.15) is 48.3 Å². The number of carbonyl (C=O) groups excluding carboxylic acids is 2. The zero-order valence-corrected chi connectivity index (χ0v) is 20.6. The van der Waals surface area contributed by atoms with Crippen molar-refractivity contribution in [3.63, 3.8) is 0 Å². The highest BCUT2D eigenvalue weighted by molar-refractivity contribution is 6.06. The van der Waals surface area contributed by atoms with Crippen LogP contribution in [0.3, 0.4) is 0 Å².